The van der Waals surface area contributed by atoms with Crippen molar-refractivity contribution in [1.29, 1.82) is 0 Å². The lowest BCUT2D eigenvalue weighted by Gasteiger charge is -2.08. The normalized spacial score (nSPS) is 10.7. The molecule has 0 saturated heterocycles. The quantitative estimate of drug-likeness (QED) is 0.750. The van der Waals surface area contributed by atoms with E-state index < -0.39 is 0 Å². The second kappa shape index (κ2) is 8.78. The highest BCUT2D eigenvalue weighted by Crippen LogP contribution is 2.18. The average Bonchev–Trinajstić information content (AvgIpc) is 2.77. The molecule has 1 aromatic heterocycles. The van der Waals surface area contributed by atoms with Crippen LogP contribution in [0.2, 0.25) is 0 Å². The Morgan fingerprint density at radius 1 is 1.29 bits per heavy atom. The predicted molar refractivity (Wildman–Crippen MR) is 102 cm³/mol. The number of carbonyl (C=O) groups is 1. The Balaban J connectivity index is 1.63. The number of aryl methyl sites for hydroxylation is 3. The fourth-order valence-electron chi connectivity index (χ4n) is 2.48. The fraction of sp³-hybridized carbons (Fsp3) is 0.444. The molecule has 1 aromatic carbocycles. The first-order chi connectivity index (χ1) is 11.5. The zero-order valence-corrected chi connectivity index (χ0v) is 15.7. The number of nitrogens with zero attached hydrogens (tertiary/aromatic N) is 2. The van der Waals surface area contributed by atoms with E-state index in [0.29, 0.717) is 6.54 Å². The Morgan fingerprint density at radius 2 is 2.08 bits per heavy atom. The summed E-state index contributed by atoms with van der Waals surface area (Å²) in [5.41, 5.74) is 5.24. The summed E-state index contributed by atoms with van der Waals surface area (Å²) in [6.45, 7) is 6.62. The topological polar surface area (TPSA) is 59.0 Å². The van der Waals surface area contributed by atoms with Gasteiger partial charge in [0.1, 0.15) is 0 Å². The summed E-state index contributed by atoms with van der Waals surface area (Å²) in [5.74, 6) is 2.04. The second-order valence-electron chi connectivity index (χ2n) is 5.95. The van der Waals surface area contributed by atoms with Crippen LogP contribution >= 0.6 is 11.8 Å². The number of urea groups is 1. The van der Waals surface area contributed by atoms with Crippen molar-refractivity contribution >= 4 is 23.5 Å². The molecule has 2 rings (SSSR count). The lowest BCUT2D eigenvalue weighted by molar-refractivity contribution is 0.252. The maximum atomic E-state index is 12.0. The number of thioether (sulfide) groups is 1. The zero-order chi connectivity index (χ0) is 17.5. The van der Waals surface area contributed by atoms with Crippen LogP contribution in [0.5, 0.6) is 0 Å². The van der Waals surface area contributed by atoms with Gasteiger partial charge in [-0.05, 0) is 38.5 Å². The molecule has 0 spiro atoms. The van der Waals surface area contributed by atoms with Crippen molar-refractivity contribution in [1.82, 2.24) is 15.1 Å². The number of aromatic nitrogens is 2. The number of benzene rings is 1. The van der Waals surface area contributed by atoms with Gasteiger partial charge in [-0.3, -0.25) is 4.68 Å². The van der Waals surface area contributed by atoms with Crippen molar-refractivity contribution in [3.05, 3.63) is 46.8 Å². The first-order valence-corrected chi connectivity index (χ1v) is 9.31. The van der Waals surface area contributed by atoms with Gasteiger partial charge < -0.3 is 10.6 Å². The van der Waals surface area contributed by atoms with Crippen LogP contribution in [0.15, 0.2) is 24.3 Å². The molecule has 0 bridgehead atoms. The molecule has 0 aliphatic heterocycles. The summed E-state index contributed by atoms with van der Waals surface area (Å²) in [4.78, 5) is 12.0. The highest BCUT2D eigenvalue weighted by Gasteiger charge is 2.11. The van der Waals surface area contributed by atoms with E-state index in [2.05, 4.69) is 46.9 Å². The summed E-state index contributed by atoms with van der Waals surface area (Å²) in [6.07, 6.45) is 0.953. The number of carbonyl (C=O) groups excluding carboxylic acids is 1. The van der Waals surface area contributed by atoms with Gasteiger partial charge in [0.15, 0.2) is 0 Å². The zero-order valence-electron chi connectivity index (χ0n) is 14.8. The summed E-state index contributed by atoms with van der Waals surface area (Å²) in [5, 5.41) is 10.1. The molecular weight excluding hydrogens is 320 g/mol. The molecule has 24 heavy (non-hydrogen) atoms. The van der Waals surface area contributed by atoms with Crippen LogP contribution in [0.4, 0.5) is 10.5 Å². The minimum absolute atomic E-state index is 0.169. The van der Waals surface area contributed by atoms with Crippen LogP contribution in [-0.2, 0) is 12.8 Å². The third kappa shape index (κ3) is 5.30. The van der Waals surface area contributed by atoms with Gasteiger partial charge in [0.05, 0.1) is 17.1 Å². The molecule has 0 radical (unpaired) electrons. The van der Waals surface area contributed by atoms with E-state index in [1.54, 1.807) is 4.68 Å². The molecular formula is C18H26N4OS. The van der Waals surface area contributed by atoms with Gasteiger partial charge in [-0.1, -0.05) is 29.8 Å². The fourth-order valence-corrected chi connectivity index (χ4v) is 3.39. The molecule has 1 heterocycles. The number of hydrogen-bond donors (Lipinski definition) is 2. The first-order valence-electron chi connectivity index (χ1n) is 8.15. The molecule has 2 N–H and O–H groups in total. The van der Waals surface area contributed by atoms with E-state index in [1.165, 1.54) is 11.1 Å². The van der Waals surface area contributed by atoms with Crippen LogP contribution in [-0.4, -0.2) is 28.1 Å². The summed E-state index contributed by atoms with van der Waals surface area (Å²) in [7, 11) is 1.87. The smallest absolute Gasteiger partial charge is 0.319 e. The number of amides is 2. The third-order valence-electron chi connectivity index (χ3n) is 3.85. The SMILES string of the molecule is Cc1cccc(CSCCCNC(=O)Nc2c(C)nn(C)c2C)c1. The molecule has 0 saturated carbocycles. The minimum atomic E-state index is -0.169. The van der Waals surface area contributed by atoms with Gasteiger partial charge in [0.2, 0.25) is 0 Å². The van der Waals surface area contributed by atoms with Gasteiger partial charge in [-0.2, -0.15) is 16.9 Å². The largest absolute Gasteiger partial charge is 0.338 e. The monoisotopic (exact) mass is 346 g/mol. The highest BCUT2D eigenvalue weighted by atomic mass is 32.2. The van der Waals surface area contributed by atoms with Crippen LogP contribution in [0, 0.1) is 20.8 Å². The van der Waals surface area contributed by atoms with Crippen LogP contribution < -0.4 is 10.6 Å². The molecule has 2 aromatic rings. The summed E-state index contributed by atoms with van der Waals surface area (Å²) >= 11 is 1.89. The van der Waals surface area contributed by atoms with E-state index >= 15 is 0 Å². The second-order valence-corrected chi connectivity index (χ2v) is 7.05. The lowest BCUT2D eigenvalue weighted by Crippen LogP contribution is -2.30. The van der Waals surface area contributed by atoms with Gasteiger partial charge in [-0.15, -0.1) is 0 Å². The third-order valence-corrected chi connectivity index (χ3v) is 4.96. The molecule has 0 aliphatic rings. The molecule has 0 fully saturated rings. The maximum Gasteiger partial charge on any atom is 0.319 e. The molecule has 0 atom stereocenters. The van der Waals surface area contributed by atoms with E-state index in [9.17, 15) is 4.79 Å². The van der Waals surface area contributed by atoms with Crippen molar-refractivity contribution in [3.8, 4) is 0 Å². The number of nitrogens with one attached hydrogen (secondary N) is 2. The van der Waals surface area contributed by atoms with Crippen molar-refractivity contribution < 1.29 is 4.79 Å². The highest BCUT2D eigenvalue weighted by molar-refractivity contribution is 7.98. The number of anilines is 1. The molecule has 0 unspecified atom stereocenters. The first kappa shape index (κ1) is 18.4. The van der Waals surface area contributed by atoms with Gasteiger partial charge in [0.25, 0.3) is 0 Å². The average molecular weight is 347 g/mol. The van der Waals surface area contributed by atoms with Crippen molar-refractivity contribution in [3.63, 3.8) is 0 Å². The van der Waals surface area contributed by atoms with Crippen LogP contribution in [0.3, 0.4) is 0 Å². The Kier molecular flexibility index (Phi) is 6.73. The van der Waals surface area contributed by atoms with Crippen molar-refractivity contribution in [2.75, 3.05) is 17.6 Å². The molecule has 2 amide bonds. The molecule has 5 nitrogen and oxygen atoms in total. The minimum Gasteiger partial charge on any atom is -0.338 e. The van der Waals surface area contributed by atoms with Gasteiger partial charge in [0, 0.05) is 19.3 Å². The molecule has 6 heteroatoms. The van der Waals surface area contributed by atoms with Gasteiger partial charge in [-0.25, -0.2) is 4.79 Å². The number of hydrogen-bond acceptors (Lipinski definition) is 3. The lowest BCUT2D eigenvalue weighted by atomic mass is 10.2. The van der Waals surface area contributed by atoms with Crippen LogP contribution in [0.1, 0.15) is 28.9 Å². The van der Waals surface area contributed by atoms with E-state index in [0.717, 1.165) is 35.0 Å². The van der Waals surface area contributed by atoms with Crippen LogP contribution in [0.25, 0.3) is 0 Å². The van der Waals surface area contributed by atoms with Crippen molar-refractivity contribution in [2.45, 2.75) is 32.9 Å². The standard InChI is InChI=1S/C18H26N4OS/c1-13-7-5-8-16(11-13)12-24-10-6-9-19-18(23)20-17-14(2)21-22(4)15(17)3/h5,7-8,11H,6,9-10,12H2,1-4H3,(H2,19,20,23). The summed E-state index contributed by atoms with van der Waals surface area (Å²) in [6, 6.07) is 8.42. The van der Waals surface area contributed by atoms with E-state index in [-0.39, 0.29) is 6.03 Å². The van der Waals surface area contributed by atoms with E-state index in [1.807, 2.05) is 32.7 Å². The van der Waals surface area contributed by atoms with Gasteiger partial charge >= 0.3 is 6.03 Å². The Morgan fingerprint density at radius 3 is 2.75 bits per heavy atom. The number of rotatable bonds is 7. The maximum absolute atomic E-state index is 12.0. The molecule has 130 valence electrons. The molecule has 0 aliphatic carbocycles. The Labute approximate surface area is 148 Å². The Hall–Kier alpha value is -1.95. The Bertz CT molecular complexity index is 696. The predicted octanol–water partition coefficient (Wildman–Crippen LogP) is 3.79. The van der Waals surface area contributed by atoms with E-state index in [4.69, 9.17) is 0 Å². The van der Waals surface area contributed by atoms with Crippen molar-refractivity contribution in [2.24, 2.45) is 7.05 Å². The summed E-state index contributed by atoms with van der Waals surface area (Å²) < 4.78 is 1.77.